The maximum atomic E-state index is 14.3. The number of alkyl halides is 3. The molecule has 0 radical (unpaired) electrons. The Hall–Kier alpha value is -3.14. The van der Waals surface area contributed by atoms with Gasteiger partial charge in [0, 0.05) is 37.7 Å². The van der Waals surface area contributed by atoms with Crippen LogP contribution in [0.15, 0.2) is 36.5 Å². The first-order valence-electron chi connectivity index (χ1n) is 12.0. The van der Waals surface area contributed by atoms with Crippen LogP contribution in [0.3, 0.4) is 0 Å². The lowest BCUT2D eigenvalue weighted by Gasteiger charge is -2.48. The third-order valence-electron chi connectivity index (χ3n) is 7.60. The van der Waals surface area contributed by atoms with Crippen LogP contribution in [0.1, 0.15) is 49.4 Å². The summed E-state index contributed by atoms with van der Waals surface area (Å²) in [6.45, 7) is 0.701. The van der Waals surface area contributed by atoms with Crippen LogP contribution < -0.4 is 4.90 Å². The van der Waals surface area contributed by atoms with Gasteiger partial charge in [0.05, 0.1) is 23.0 Å². The van der Waals surface area contributed by atoms with E-state index in [0.29, 0.717) is 30.2 Å². The van der Waals surface area contributed by atoms with E-state index in [2.05, 4.69) is 10.1 Å². The molecule has 3 aliphatic rings. The molecular formula is C25H23ClF3N5O2. The number of piperidine rings is 1. The lowest BCUT2D eigenvalue weighted by atomic mass is 9.62. The van der Waals surface area contributed by atoms with Gasteiger partial charge in [-0.3, -0.25) is 9.59 Å². The third-order valence-corrected chi connectivity index (χ3v) is 7.78. The lowest BCUT2D eigenvalue weighted by Crippen LogP contribution is -2.57. The van der Waals surface area contributed by atoms with Gasteiger partial charge in [0.25, 0.3) is 0 Å². The molecule has 1 aliphatic carbocycles. The van der Waals surface area contributed by atoms with E-state index in [0.717, 1.165) is 34.8 Å². The number of aryl methyl sites for hydroxylation is 1. The second kappa shape index (κ2) is 8.19. The summed E-state index contributed by atoms with van der Waals surface area (Å²) in [5, 5.41) is 4.66. The average Bonchev–Trinajstić information content (AvgIpc) is 3.21. The second-order valence-electron chi connectivity index (χ2n) is 9.89. The van der Waals surface area contributed by atoms with Crippen molar-refractivity contribution in [3.05, 3.63) is 52.9 Å². The van der Waals surface area contributed by atoms with Gasteiger partial charge in [0.2, 0.25) is 5.91 Å². The molecule has 7 nitrogen and oxygen atoms in total. The highest BCUT2D eigenvalue weighted by Crippen LogP contribution is 2.50. The summed E-state index contributed by atoms with van der Waals surface area (Å²) in [5.74, 6) is -0.623. The van der Waals surface area contributed by atoms with Gasteiger partial charge in [0.1, 0.15) is 5.78 Å². The fraction of sp³-hybridized carbons (Fsp3) is 0.440. The van der Waals surface area contributed by atoms with Crippen molar-refractivity contribution in [3.8, 4) is 0 Å². The van der Waals surface area contributed by atoms with E-state index in [1.165, 1.54) is 12.1 Å². The molecule has 0 unspecified atom stereocenters. The molecule has 3 aromatic rings. The topological polar surface area (TPSA) is 70.8 Å². The number of anilines is 2. The van der Waals surface area contributed by atoms with Crippen molar-refractivity contribution in [1.82, 2.24) is 19.5 Å². The summed E-state index contributed by atoms with van der Waals surface area (Å²) in [6, 6.07) is 5.82. The van der Waals surface area contributed by atoms with Crippen molar-refractivity contribution in [1.29, 1.82) is 0 Å². The Bertz CT molecular complexity index is 1360. The Morgan fingerprint density at radius 1 is 1.06 bits per heavy atom. The van der Waals surface area contributed by atoms with Crippen molar-refractivity contribution in [2.24, 2.45) is 5.41 Å². The number of halogens is 4. The van der Waals surface area contributed by atoms with E-state index in [-0.39, 0.29) is 30.7 Å². The zero-order chi connectivity index (χ0) is 25.2. The molecular weight excluding hydrogens is 495 g/mol. The van der Waals surface area contributed by atoms with Gasteiger partial charge in [-0.2, -0.15) is 18.3 Å². The highest BCUT2D eigenvalue weighted by atomic mass is 35.5. The minimum atomic E-state index is -4.64. The Balaban J connectivity index is 1.32. The summed E-state index contributed by atoms with van der Waals surface area (Å²) in [6.07, 6.45) is -0.290. The van der Waals surface area contributed by atoms with Crippen molar-refractivity contribution in [2.75, 3.05) is 18.0 Å². The molecule has 1 saturated heterocycles. The summed E-state index contributed by atoms with van der Waals surface area (Å²) in [5.41, 5.74) is 2.19. The van der Waals surface area contributed by atoms with Gasteiger partial charge < -0.3 is 9.80 Å². The predicted octanol–water partition coefficient (Wildman–Crippen LogP) is 5.04. The third kappa shape index (κ3) is 3.65. The summed E-state index contributed by atoms with van der Waals surface area (Å²) < 4.78 is 44.7. The second-order valence-corrected chi connectivity index (χ2v) is 10.3. The number of hydrogen-bond donors (Lipinski definition) is 0. The van der Waals surface area contributed by atoms with Crippen LogP contribution in [0.2, 0.25) is 5.15 Å². The number of hydrogen-bond acceptors (Lipinski definition) is 5. The van der Waals surface area contributed by atoms with Crippen LogP contribution in [0.5, 0.6) is 0 Å². The number of carbonyl (C=O) groups is 2. The molecule has 1 amide bonds. The van der Waals surface area contributed by atoms with Crippen LogP contribution in [0.25, 0.3) is 5.65 Å². The molecule has 2 aliphatic heterocycles. The molecule has 1 saturated carbocycles. The molecule has 0 bridgehead atoms. The number of likely N-dealkylation sites (tertiary alicyclic amines) is 1. The number of benzene rings is 1. The zero-order valence-corrected chi connectivity index (χ0v) is 20.0. The van der Waals surface area contributed by atoms with Crippen molar-refractivity contribution < 1.29 is 22.8 Å². The molecule has 6 rings (SSSR count). The summed E-state index contributed by atoms with van der Waals surface area (Å²) in [4.78, 5) is 32.1. The Kier molecular flexibility index (Phi) is 5.30. The predicted molar refractivity (Wildman–Crippen MR) is 126 cm³/mol. The minimum Gasteiger partial charge on any atom is -0.339 e. The molecule has 1 spiro atoms. The molecule has 2 aromatic heterocycles. The summed E-state index contributed by atoms with van der Waals surface area (Å²) >= 11 is 6.05. The van der Waals surface area contributed by atoms with Crippen LogP contribution in [-0.4, -0.2) is 50.5 Å². The molecule has 36 heavy (non-hydrogen) atoms. The molecule has 188 valence electrons. The quantitative estimate of drug-likeness (QED) is 0.486. The molecule has 11 heteroatoms. The molecule has 1 aromatic carbocycles. The van der Waals surface area contributed by atoms with Crippen molar-refractivity contribution >= 4 is 40.3 Å². The van der Waals surface area contributed by atoms with E-state index < -0.39 is 23.5 Å². The Morgan fingerprint density at radius 3 is 2.50 bits per heavy atom. The standard InChI is InChI=1S/C25H23ClF3N5O2/c26-20-11-21-30-14-19-18(34(21)31-20)3-1-9-32(19)16-6-4-15(5-7-16)22(25(27,28)29)33-10-2-8-24(23(33)36)12-17(35)13-24/h4-7,11,14,22H,1-3,8-10,12-13H2/t22-/m0/s1. The SMILES string of the molecule is O=C1CC2(CCCN([C@@H](c3ccc(N4CCCc5c4cnc4cc(Cl)nn54)cc3)C(F)(F)F)C2=O)C1. The minimum absolute atomic E-state index is 0.00645. The van der Waals surface area contributed by atoms with E-state index in [1.54, 1.807) is 28.9 Å². The number of nitrogens with zero attached hydrogens (tertiary/aromatic N) is 5. The number of carbonyl (C=O) groups excluding carboxylic acids is 2. The normalized spacial score (nSPS) is 20.6. The Labute approximate surface area is 209 Å². The fourth-order valence-electron chi connectivity index (χ4n) is 5.96. The Morgan fingerprint density at radius 2 is 1.81 bits per heavy atom. The maximum absolute atomic E-state index is 14.3. The average molecular weight is 518 g/mol. The van der Waals surface area contributed by atoms with Gasteiger partial charge in [-0.1, -0.05) is 23.7 Å². The largest absolute Gasteiger partial charge is 0.413 e. The highest BCUT2D eigenvalue weighted by molar-refractivity contribution is 6.29. The van der Waals surface area contributed by atoms with Gasteiger partial charge in [-0.15, -0.1) is 0 Å². The number of ketones is 1. The monoisotopic (exact) mass is 517 g/mol. The van der Waals surface area contributed by atoms with Crippen LogP contribution >= 0.6 is 11.6 Å². The van der Waals surface area contributed by atoms with Gasteiger partial charge in [-0.25, -0.2) is 9.50 Å². The van der Waals surface area contributed by atoms with Gasteiger partial charge in [0.15, 0.2) is 16.8 Å². The van der Waals surface area contributed by atoms with Crippen molar-refractivity contribution in [2.45, 2.75) is 50.7 Å². The van der Waals surface area contributed by atoms with E-state index >= 15 is 0 Å². The number of rotatable bonds is 3. The molecule has 2 fully saturated rings. The lowest BCUT2D eigenvalue weighted by molar-refractivity contribution is -0.203. The molecule has 0 N–H and O–H groups in total. The zero-order valence-electron chi connectivity index (χ0n) is 19.3. The summed E-state index contributed by atoms with van der Waals surface area (Å²) in [7, 11) is 0. The van der Waals surface area contributed by atoms with Crippen LogP contribution in [-0.2, 0) is 16.0 Å². The van der Waals surface area contributed by atoms with Crippen molar-refractivity contribution in [3.63, 3.8) is 0 Å². The molecule has 1 atom stereocenters. The fourth-order valence-corrected chi connectivity index (χ4v) is 6.13. The van der Waals surface area contributed by atoms with Gasteiger partial charge >= 0.3 is 6.18 Å². The van der Waals surface area contributed by atoms with Crippen LogP contribution in [0, 0.1) is 5.41 Å². The first-order valence-corrected chi connectivity index (χ1v) is 12.3. The maximum Gasteiger partial charge on any atom is 0.413 e. The number of aromatic nitrogens is 3. The smallest absolute Gasteiger partial charge is 0.339 e. The van der Waals surface area contributed by atoms with E-state index in [4.69, 9.17) is 11.6 Å². The van der Waals surface area contributed by atoms with Gasteiger partial charge in [-0.05, 0) is 43.4 Å². The first kappa shape index (κ1) is 23.3. The van der Waals surface area contributed by atoms with E-state index in [9.17, 15) is 22.8 Å². The highest BCUT2D eigenvalue weighted by Gasteiger charge is 2.57. The number of Topliss-reactive ketones (excluding diaryl/α,β-unsaturated/α-hetero) is 1. The first-order chi connectivity index (χ1) is 17.2. The number of fused-ring (bicyclic) bond motifs is 3. The molecule has 4 heterocycles. The van der Waals surface area contributed by atoms with Crippen LogP contribution in [0.4, 0.5) is 24.5 Å². The number of amides is 1. The van der Waals surface area contributed by atoms with E-state index in [1.807, 2.05) is 4.90 Å².